The summed E-state index contributed by atoms with van der Waals surface area (Å²) in [5.74, 6) is -0.275. The first-order chi connectivity index (χ1) is 9.13. The van der Waals surface area contributed by atoms with Gasteiger partial charge in [-0.05, 0) is 19.8 Å². The molecule has 0 aromatic rings. The van der Waals surface area contributed by atoms with Crippen LogP contribution in [0.5, 0.6) is 0 Å². The van der Waals surface area contributed by atoms with Crippen molar-refractivity contribution >= 4 is 5.97 Å². The summed E-state index contributed by atoms with van der Waals surface area (Å²) >= 11 is 0. The van der Waals surface area contributed by atoms with Gasteiger partial charge in [0.1, 0.15) is 5.60 Å². The Balaban J connectivity index is 2.24. The average molecular weight is 268 g/mol. The Bertz CT molecular complexity index is 309. The summed E-state index contributed by atoms with van der Waals surface area (Å²) in [4.78, 5) is 11.6. The Kier molecular flexibility index (Phi) is 7.14. The molecule has 3 nitrogen and oxygen atoms in total. The lowest BCUT2D eigenvalue weighted by Crippen LogP contribution is -2.41. The monoisotopic (exact) mass is 268 g/mol. The maximum atomic E-state index is 11.6. The molecule has 1 heterocycles. The van der Waals surface area contributed by atoms with Gasteiger partial charge in [0.15, 0.2) is 0 Å². The van der Waals surface area contributed by atoms with Crippen molar-refractivity contribution in [1.29, 1.82) is 0 Å². The molecular formula is C16H28O3. The van der Waals surface area contributed by atoms with Crippen LogP contribution >= 0.6 is 0 Å². The third-order valence-corrected chi connectivity index (χ3v) is 3.94. The number of aliphatic hydroxyl groups excluding tert-OH is 1. The first-order valence-electron chi connectivity index (χ1n) is 7.64. The Morgan fingerprint density at radius 3 is 2.42 bits per heavy atom. The van der Waals surface area contributed by atoms with E-state index in [0.717, 1.165) is 19.3 Å². The maximum absolute atomic E-state index is 11.6. The molecule has 0 aromatic carbocycles. The highest BCUT2D eigenvalue weighted by Gasteiger charge is 2.35. The molecule has 110 valence electrons. The molecule has 0 fully saturated rings. The van der Waals surface area contributed by atoms with Crippen LogP contribution in [0.1, 0.15) is 71.6 Å². The number of carbonyl (C=O) groups is 1. The highest BCUT2D eigenvalue weighted by molar-refractivity contribution is 5.88. The zero-order valence-electron chi connectivity index (χ0n) is 12.4. The fraction of sp³-hybridized carbons (Fsp3) is 0.812. The summed E-state index contributed by atoms with van der Waals surface area (Å²) in [6.07, 6.45) is 11.9. The topological polar surface area (TPSA) is 46.5 Å². The fourth-order valence-electron chi connectivity index (χ4n) is 2.47. The first kappa shape index (κ1) is 16.2. The van der Waals surface area contributed by atoms with E-state index in [-0.39, 0.29) is 12.6 Å². The molecule has 1 rings (SSSR count). The molecule has 1 N–H and O–H groups in total. The van der Waals surface area contributed by atoms with Crippen LogP contribution in [0.3, 0.4) is 0 Å². The van der Waals surface area contributed by atoms with E-state index in [1.54, 1.807) is 6.92 Å². The van der Waals surface area contributed by atoms with Gasteiger partial charge >= 0.3 is 5.97 Å². The van der Waals surface area contributed by atoms with E-state index in [1.807, 2.05) is 6.08 Å². The van der Waals surface area contributed by atoms with Crippen molar-refractivity contribution in [3.63, 3.8) is 0 Å². The predicted octanol–water partition coefficient (Wildman–Crippen LogP) is 3.75. The van der Waals surface area contributed by atoms with Gasteiger partial charge in [-0.15, -0.1) is 0 Å². The largest absolute Gasteiger partial charge is 0.453 e. The number of esters is 1. The summed E-state index contributed by atoms with van der Waals surface area (Å²) in [6.45, 7) is 3.91. The maximum Gasteiger partial charge on any atom is 0.334 e. The van der Waals surface area contributed by atoms with Crippen LogP contribution in [0.15, 0.2) is 11.6 Å². The van der Waals surface area contributed by atoms with Crippen LogP contribution in [-0.4, -0.2) is 23.3 Å². The van der Waals surface area contributed by atoms with Crippen LogP contribution in [0.2, 0.25) is 0 Å². The lowest BCUT2D eigenvalue weighted by atomic mass is 9.90. The van der Waals surface area contributed by atoms with E-state index < -0.39 is 5.60 Å². The molecule has 19 heavy (non-hydrogen) atoms. The van der Waals surface area contributed by atoms with Crippen molar-refractivity contribution in [2.75, 3.05) is 6.61 Å². The molecule has 0 saturated carbocycles. The summed E-state index contributed by atoms with van der Waals surface area (Å²) < 4.78 is 5.42. The highest BCUT2D eigenvalue weighted by Crippen LogP contribution is 2.29. The Morgan fingerprint density at radius 1 is 1.21 bits per heavy atom. The highest BCUT2D eigenvalue weighted by atomic mass is 16.6. The van der Waals surface area contributed by atoms with Crippen LogP contribution < -0.4 is 0 Å². The van der Waals surface area contributed by atoms with Gasteiger partial charge in [0.2, 0.25) is 0 Å². The lowest BCUT2D eigenvalue weighted by Gasteiger charge is -2.34. The molecule has 0 radical (unpaired) electrons. The molecule has 0 amide bonds. The number of cyclic esters (lactones) is 1. The molecule has 1 aliphatic heterocycles. The van der Waals surface area contributed by atoms with Gasteiger partial charge in [-0.1, -0.05) is 51.5 Å². The zero-order valence-corrected chi connectivity index (χ0v) is 12.4. The molecular weight excluding hydrogens is 240 g/mol. The van der Waals surface area contributed by atoms with Crippen LogP contribution in [0.25, 0.3) is 0 Å². The van der Waals surface area contributed by atoms with Crippen molar-refractivity contribution < 1.29 is 14.6 Å². The fourth-order valence-corrected chi connectivity index (χ4v) is 2.47. The van der Waals surface area contributed by atoms with Gasteiger partial charge in [0.05, 0.1) is 6.61 Å². The summed E-state index contributed by atoms with van der Waals surface area (Å²) in [6, 6.07) is 0. The van der Waals surface area contributed by atoms with E-state index in [2.05, 4.69) is 6.92 Å². The second-order valence-corrected chi connectivity index (χ2v) is 5.69. The van der Waals surface area contributed by atoms with E-state index in [0.29, 0.717) is 12.0 Å². The average Bonchev–Trinajstić information content (AvgIpc) is 2.42. The van der Waals surface area contributed by atoms with E-state index in [1.165, 1.54) is 32.1 Å². The number of ether oxygens (including phenoxy) is 1. The van der Waals surface area contributed by atoms with Crippen molar-refractivity contribution in [3.8, 4) is 0 Å². The summed E-state index contributed by atoms with van der Waals surface area (Å²) in [5.41, 5.74) is 0.00338. The first-order valence-corrected chi connectivity index (χ1v) is 7.64. The molecule has 1 aliphatic rings. The van der Waals surface area contributed by atoms with Crippen LogP contribution in [0, 0.1) is 0 Å². The van der Waals surface area contributed by atoms with Crippen molar-refractivity contribution in [2.45, 2.75) is 77.2 Å². The van der Waals surface area contributed by atoms with E-state index in [4.69, 9.17) is 4.74 Å². The smallest absolute Gasteiger partial charge is 0.334 e. The van der Waals surface area contributed by atoms with Gasteiger partial charge in [-0.3, -0.25) is 0 Å². The van der Waals surface area contributed by atoms with Gasteiger partial charge in [-0.2, -0.15) is 0 Å². The quantitative estimate of drug-likeness (QED) is 0.511. The lowest BCUT2D eigenvalue weighted by molar-refractivity contribution is -0.162. The molecule has 3 heteroatoms. The predicted molar refractivity (Wildman–Crippen MR) is 76.9 cm³/mol. The summed E-state index contributed by atoms with van der Waals surface area (Å²) in [7, 11) is 0. The van der Waals surface area contributed by atoms with Crippen molar-refractivity contribution in [3.05, 3.63) is 11.6 Å². The Hall–Kier alpha value is -0.830. The standard InChI is InChI=1S/C16H28O3/c1-3-4-5-6-7-8-9-11-16(13-17)12-10-14(2)15(18)19-16/h10,17H,3-9,11-13H2,1-2H3/t16-/m0/s1. The number of carbonyl (C=O) groups excluding carboxylic acids is 1. The van der Waals surface area contributed by atoms with Crippen molar-refractivity contribution in [1.82, 2.24) is 0 Å². The minimum atomic E-state index is -0.653. The van der Waals surface area contributed by atoms with Crippen molar-refractivity contribution in [2.24, 2.45) is 0 Å². The Morgan fingerprint density at radius 2 is 1.84 bits per heavy atom. The van der Waals surface area contributed by atoms with Gasteiger partial charge < -0.3 is 9.84 Å². The molecule has 0 saturated heterocycles. The van der Waals surface area contributed by atoms with Gasteiger partial charge in [-0.25, -0.2) is 4.79 Å². The zero-order chi connectivity index (χ0) is 14.1. The molecule has 0 spiro atoms. The second-order valence-electron chi connectivity index (χ2n) is 5.69. The SMILES string of the molecule is CCCCCCCCC[C@@]1(CO)CC=C(C)C(=O)O1. The van der Waals surface area contributed by atoms with Crippen LogP contribution in [-0.2, 0) is 9.53 Å². The third kappa shape index (κ3) is 5.35. The second kappa shape index (κ2) is 8.36. The molecule has 0 aliphatic carbocycles. The normalized spacial score (nSPS) is 23.1. The number of rotatable bonds is 9. The van der Waals surface area contributed by atoms with E-state index >= 15 is 0 Å². The minimum Gasteiger partial charge on any atom is -0.453 e. The molecule has 0 unspecified atom stereocenters. The van der Waals surface area contributed by atoms with Gasteiger partial charge in [0.25, 0.3) is 0 Å². The minimum absolute atomic E-state index is 0.0711. The molecule has 0 aromatic heterocycles. The molecule has 0 bridgehead atoms. The van der Waals surface area contributed by atoms with Gasteiger partial charge in [0, 0.05) is 12.0 Å². The number of hydrogen-bond acceptors (Lipinski definition) is 3. The van der Waals surface area contributed by atoms with Crippen LogP contribution in [0.4, 0.5) is 0 Å². The Labute approximate surface area is 117 Å². The number of aliphatic hydroxyl groups is 1. The molecule has 1 atom stereocenters. The number of hydrogen-bond donors (Lipinski definition) is 1. The number of unbranched alkanes of at least 4 members (excludes halogenated alkanes) is 6. The summed E-state index contributed by atoms with van der Waals surface area (Å²) in [5, 5.41) is 9.51. The third-order valence-electron chi connectivity index (χ3n) is 3.94. The van der Waals surface area contributed by atoms with E-state index in [9.17, 15) is 9.90 Å².